The van der Waals surface area contributed by atoms with Gasteiger partial charge in [-0.25, -0.2) is 0 Å². The maximum absolute atomic E-state index is 5.87. The van der Waals surface area contributed by atoms with Gasteiger partial charge in [0.05, 0.1) is 0 Å². The molecule has 17 heavy (non-hydrogen) atoms. The van der Waals surface area contributed by atoms with E-state index < -0.39 is 0 Å². The summed E-state index contributed by atoms with van der Waals surface area (Å²) in [4.78, 5) is 5.06. The van der Waals surface area contributed by atoms with E-state index in [9.17, 15) is 0 Å². The summed E-state index contributed by atoms with van der Waals surface area (Å²) in [5.41, 5.74) is 9.58. The third kappa shape index (κ3) is 2.25. The van der Waals surface area contributed by atoms with Gasteiger partial charge in [0.15, 0.2) is 0 Å². The minimum absolute atomic E-state index is 0.886. The topological polar surface area (TPSA) is 32.5 Å². The normalized spacial score (nSPS) is 19.9. The highest BCUT2D eigenvalue weighted by Gasteiger charge is 2.20. The van der Waals surface area contributed by atoms with Crippen molar-refractivity contribution in [1.29, 1.82) is 0 Å². The van der Waals surface area contributed by atoms with Gasteiger partial charge in [-0.05, 0) is 50.0 Å². The molecule has 3 heteroatoms. The van der Waals surface area contributed by atoms with E-state index in [2.05, 4.69) is 21.9 Å². The predicted octanol–water partition coefficient (Wildman–Crippen LogP) is 1.73. The van der Waals surface area contributed by atoms with Crippen LogP contribution < -0.4 is 10.6 Å². The standard InChI is InChI=1S/C14H21N3/c15-13-4-3-12-5-8-17(14(12)11-13)10-9-16-6-1-2-7-16/h3-4,11H,1-2,5-10,15H2. The van der Waals surface area contributed by atoms with Crippen molar-refractivity contribution >= 4 is 11.4 Å². The highest BCUT2D eigenvalue weighted by molar-refractivity contribution is 5.64. The summed E-state index contributed by atoms with van der Waals surface area (Å²) in [6.45, 7) is 6.09. The first-order valence-electron chi connectivity index (χ1n) is 6.69. The van der Waals surface area contributed by atoms with Gasteiger partial charge in [0.1, 0.15) is 0 Å². The maximum Gasteiger partial charge on any atom is 0.0420 e. The summed E-state index contributed by atoms with van der Waals surface area (Å²) in [6.07, 6.45) is 3.93. The molecule has 3 nitrogen and oxygen atoms in total. The lowest BCUT2D eigenvalue weighted by molar-refractivity contribution is 0.345. The van der Waals surface area contributed by atoms with Crippen molar-refractivity contribution in [3.8, 4) is 0 Å². The zero-order valence-corrected chi connectivity index (χ0v) is 10.4. The second-order valence-corrected chi connectivity index (χ2v) is 5.17. The van der Waals surface area contributed by atoms with E-state index in [0.29, 0.717) is 0 Å². The molecule has 2 aliphatic rings. The molecular formula is C14H21N3. The first-order valence-corrected chi connectivity index (χ1v) is 6.69. The SMILES string of the molecule is Nc1ccc2c(c1)N(CCN1CCCC1)CC2. The third-order valence-corrected chi connectivity index (χ3v) is 3.99. The highest BCUT2D eigenvalue weighted by atomic mass is 15.2. The molecular weight excluding hydrogens is 210 g/mol. The molecule has 0 unspecified atom stereocenters. The minimum atomic E-state index is 0.886. The molecule has 0 aromatic heterocycles. The Morgan fingerprint density at radius 2 is 1.88 bits per heavy atom. The van der Waals surface area contributed by atoms with E-state index >= 15 is 0 Å². The molecule has 0 amide bonds. The van der Waals surface area contributed by atoms with Crippen LogP contribution in [0.25, 0.3) is 0 Å². The van der Waals surface area contributed by atoms with Crippen LogP contribution in [0, 0.1) is 0 Å². The van der Waals surface area contributed by atoms with Crippen molar-refractivity contribution in [3.63, 3.8) is 0 Å². The maximum atomic E-state index is 5.87. The van der Waals surface area contributed by atoms with Gasteiger partial charge in [-0.15, -0.1) is 0 Å². The summed E-state index contributed by atoms with van der Waals surface area (Å²) >= 11 is 0. The molecule has 0 bridgehead atoms. The molecule has 2 N–H and O–H groups in total. The Bertz CT molecular complexity index is 396. The second kappa shape index (κ2) is 4.57. The quantitative estimate of drug-likeness (QED) is 0.804. The van der Waals surface area contributed by atoms with Crippen LogP contribution in [-0.2, 0) is 6.42 Å². The molecule has 1 fully saturated rings. The molecule has 0 spiro atoms. The lowest BCUT2D eigenvalue weighted by atomic mass is 10.1. The summed E-state index contributed by atoms with van der Waals surface area (Å²) in [5, 5.41) is 0. The van der Waals surface area contributed by atoms with Gasteiger partial charge in [0.2, 0.25) is 0 Å². The molecule has 3 rings (SSSR count). The molecule has 92 valence electrons. The first kappa shape index (κ1) is 10.9. The van der Waals surface area contributed by atoms with E-state index in [4.69, 9.17) is 5.73 Å². The monoisotopic (exact) mass is 231 g/mol. The number of hydrogen-bond donors (Lipinski definition) is 1. The molecule has 0 radical (unpaired) electrons. The van der Waals surface area contributed by atoms with E-state index in [-0.39, 0.29) is 0 Å². The van der Waals surface area contributed by atoms with E-state index in [1.54, 1.807) is 0 Å². The lowest BCUT2D eigenvalue weighted by Crippen LogP contribution is -2.32. The van der Waals surface area contributed by atoms with Crippen LogP contribution in [0.5, 0.6) is 0 Å². The molecule has 1 aromatic carbocycles. The van der Waals surface area contributed by atoms with Crippen molar-refractivity contribution in [2.75, 3.05) is 43.4 Å². The fourth-order valence-electron chi connectivity index (χ4n) is 2.96. The molecule has 0 atom stereocenters. The molecule has 0 saturated carbocycles. The molecule has 2 aliphatic heterocycles. The Labute approximate surface area is 103 Å². The van der Waals surface area contributed by atoms with Crippen molar-refractivity contribution < 1.29 is 0 Å². The van der Waals surface area contributed by atoms with Crippen molar-refractivity contribution in [1.82, 2.24) is 4.90 Å². The smallest absolute Gasteiger partial charge is 0.0420 e. The fraction of sp³-hybridized carbons (Fsp3) is 0.571. The van der Waals surface area contributed by atoms with Gasteiger partial charge in [-0.1, -0.05) is 6.07 Å². The Morgan fingerprint density at radius 1 is 1.06 bits per heavy atom. The summed E-state index contributed by atoms with van der Waals surface area (Å²) in [7, 11) is 0. The van der Waals surface area contributed by atoms with Crippen molar-refractivity contribution in [2.24, 2.45) is 0 Å². The zero-order chi connectivity index (χ0) is 11.7. The van der Waals surface area contributed by atoms with Gasteiger partial charge in [-0.3, -0.25) is 0 Å². The van der Waals surface area contributed by atoms with Gasteiger partial charge >= 0.3 is 0 Å². The minimum Gasteiger partial charge on any atom is -0.399 e. The van der Waals surface area contributed by atoms with Gasteiger partial charge < -0.3 is 15.5 Å². The number of anilines is 2. The first-order chi connectivity index (χ1) is 8.33. The summed E-state index contributed by atoms with van der Waals surface area (Å²) < 4.78 is 0. The Balaban J connectivity index is 1.64. The number of fused-ring (bicyclic) bond motifs is 1. The van der Waals surface area contributed by atoms with Crippen LogP contribution in [0.3, 0.4) is 0 Å². The van der Waals surface area contributed by atoms with Crippen LogP contribution in [-0.4, -0.2) is 37.6 Å². The summed E-state index contributed by atoms with van der Waals surface area (Å²) in [5.74, 6) is 0. The number of nitrogens with two attached hydrogens (primary N) is 1. The van der Waals surface area contributed by atoms with Crippen LogP contribution >= 0.6 is 0 Å². The van der Waals surface area contributed by atoms with Crippen LogP contribution in [0.2, 0.25) is 0 Å². The largest absolute Gasteiger partial charge is 0.399 e. The predicted molar refractivity (Wildman–Crippen MR) is 72.4 cm³/mol. The number of rotatable bonds is 3. The molecule has 1 saturated heterocycles. The number of nitrogens with zero attached hydrogens (tertiary/aromatic N) is 2. The van der Waals surface area contributed by atoms with Gasteiger partial charge in [-0.2, -0.15) is 0 Å². The Kier molecular flexibility index (Phi) is 2.93. The second-order valence-electron chi connectivity index (χ2n) is 5.17. The van der Waals surface area contributed by atoms with Gasteiger partial charge in [0, 0.05) is 31.0 Å². The van der Waals surface area contributed by atoms with Crippen LogP contribution in [0.4, 0.5) is 11.4 Å². The zero-order valence-electron chi connectivity index (χ0n) is 10.4. The number of likely N-dealkylation sites (tertiary alicyclic amines) is 1. The number of hydrogen-bond acceptors (Lipinski definition) is 3. The van der Waals surface area contributed by atoms with E-state index in [1.807, 2.05) is 6.07 Å². The lowest BCUT2D eigenvalue weighted by Gasteiger charge is -2.23. The molecule has 0 aliphatic carbocycles. The molecule has 2 heterocycles. The van der Waals surface area contributed by atoms with Crippen LogP contribution in [0.15, 0.2) is 18.2 Å². The fourth-order valence-corrected chi connectivity index (χ4v) is 2.96. The van der Waals surface area contributed by atoms with Crippen molar-refractivity contribution in [2.45, 2.75) is 19.3 Å². The highest BCUT2D eigenvalue weighted by Crippen LogP contribution is 2.29. The third-order valence-electron chi connectivity index (χ3n) is 3.99. The van der Waals surface area contributed by atoms with Crippen LogP contribution in [0.1, 0.15) is 18.4 Å². The van der Waals surface area contributed by atoms with Gasteiger partial charge in [0.25, 0.3) is 0 Å². The number of nitrogen functional groups attached to an aromatic ring is 1. The van der Waals surface area contributed by atoms with Crippen molar-refractivity contribution in [3.05, 3.63) is 23.8 Å². The average Bonchev–Trinajstić information content (AvgIpc) is 2.94. The molecule has 1 aromatic rings. The average molecular weight is 231 g/mol. The van der Waals surface area contributed by atoms with E-state index in [1.165, 1.54) is 50.1 Å². The Hall–Kier alpha value is -1.22. The van der Waals surface area contributed by atoms with E-state index in [0.717, 1.165) is 18.8 Å². The Morgan fingerprint density at radius 3 is 2.71 bits per heavy atom. The summed E-state index contributed by atoms with van der Waals surface area (Å²) in [6, 6.07) is 6.33. The number of benzene rings is 1.